The molecule has 1 fully saturated rings. The summed E-state index contributed by atoms with van der Waals surface area (Å²) in [5.74, 6) is -1.21. The minimum absolute atomic E-state index is 0.170. The number of alkyl carbamates (subject to hydrolysis) is 1. The molecule has 1 aromatic carbocycles. The Morgan fingerprint density at radius 3 is 2.29 bits per heavy atom. The van der Waals surface area contributed by atoms with Crippen molar-refractivity contribution in [1.29, 1.82) is 0 Å². The van der Waals surface area contributed by atoms with Crippen LogP contribution in [0.5, 0.6) is 0 Å². The molecule has 1 heterocycles. The molecule has 1 aromatic rings. The summed E-state index contributed by atoms with van der Waals surface area (Å²) in [6.07, 6.45) is -0.578. The number of benzene rings is 1. The number of hydrogen-bond donors (Lipinski definition) is 3. The highest BCUT2D eigenvalue weighted by molar-refractivity contribution is 5.95. The third-order valence-electron chi connectivity index (χ3n) is 4.99. The zero-order valence-electron chi connectivity index (χ0n) is 20.0. The smallest absolute Gasteiger partial charge is 0.407 e. The fourth-order valence-corrected chi connectivity index (χ4v) is 3.22. The fraction of sp³-hybridized carbons (Fsp3) is 0.583. The van der Waals surface area contributed by atoms with E-state index in [0.29, 0.717) is 32.4 Å². The summed E-state index contributed by atoms with van der Waals surface area (Å²) in [6.45, 7) is 6.80. The summed E-state index contributed by atoms with van der Waals surface area (Å²) in [7, 11) is 0. The third-order valence-corrected chi connectivity index (χ3v) is 4.99. The van der Waals surface area contributed by atoms with Gasteiger partial charge < -0.3 is 30.2 Å². The van der Waals surface area contributed by atoms with Crippen LogP contribution in [-0.2, 0) is 35.2 Å². The Balaban J connectivity index is 1.63. The predicted octanol–water partition coefficient (Wildman–Crippen LogP) is 1.67. The summed E-state index contributed by atoms with van der Waals surface area (Å²) in [4.78, 5) is 48.3. The van der Waals surface area contributed by atoms with Crippen molar-refractivity contribution in [3.63, 3.8) is 0 Å². The van der Waals surface area contributed by atoms with Crippen LogP contribution in [0.25, 0.3) is 0 Å². The van der Waals surface area contributed by atoms with Gasteiger partial charge in [0, 0.05) is 13.1 Å². The van der Waals surface area contributed by atoms with E-state index in [-0.39, 0.29) is 25.0 Å². The molecule has 3 N–H and O–H groups in total. The Morgan fingerprint density at radius 2 is 1.65 bits per heavy atom. The Hall–Kier alpha value is -3.14. The summed E-state index contributed by atoms with van der Waals surface area (Å²) < 4.78 is 15.1. The van der Waals surface area contributed by atoms with Crippen LogP contribution in [0.3, 0.4) is 0 Å². The molecular weight excluding hydrogens is 442 g/mol. The predicted molar refractivity (Wildman–Crippen MR) is 124 cm³/mol. The lowest BCUT2D eigenvalue weighted by Gasteiger charge is -2.20. The number of esters is 1. The van der Waals surface area contributed by atoms with Crippen LogP contribution in [0.2, 0.25) is 0 Å². The summed E-state index contributed by atoms with van der Waals surface area (Å²) in [5.41, 5.74) is 0.910. The van der Waals surface area contributed by atoms with Gasteiger partial charge in [-0.05, 0) is 37.7 Å². The standard InChI is InChI=1S/C24H35N3O7/c1-4-32-23(30)20-19(34-20)22(29)27-18(14-16(2)3)21(28)25-12-8-9-13-26-24(31)33-15-17-10-6-5-7-11-17/h5-7,10-11,16,18-20H,4,8-9,12-15H2,1-3H3,(H,25,28)(H,26,31)(H,27,29)/t18-,19-,20-/m0/s1. The van der Waals surface area contributed by atoms with Gasteiger partial charge in [-0.2, -0.15) is 0 Å². The second kappa shape index (κ2) is 14.2. The first kappa shape index (κ1) is 27.1. The zero-order chi connectivity index (χ0) is 24.9. The normalized spacial score (nSPS) is 17.4. The Morgan fingerprint density at radius 1 is 0.971 bits per heavy atom. The lowest BCUT2D eigenvalue weighted by molar-refractivity contribution is -0.144. The topological polar surface area (TPSA) is 135 Å². The van der Waals surface area contributed by atoms with Gasteiger partial charge in [0.25, 0.3) is 5.91 Å². The molecule has 0 saturated carbocycles. The van der Waals surface area contributed by atoms with Crippen molar-refractivity contribution in [2.45, 2.75) is 64.9 Å². The highest BCUT2D eigenvalue weighted by Crippen LogP contribution is 2.24. The first-order chi connectivity index (χ1) is 16.3. The van der Waals surface area contributed by atoms with Crippen LogP contribution < -0.4 is 16.0 Å². The van der Waals surface area contributed by atoms with E-state index in [1.807, 2.05) is 44.2 Å². The number of nitrogens with one attached hydrogen (secondary N) is 3. The van der Waals surface area contributed by atoms with Gasteiger partial charge in [-0.15, -0.1) is 0 Å². The monoisotopic (exact) mass is 477 g/mol. The van der Waals surface area contributed by atoms with Crippen LogP contribution in [-0.4, -0.2) is 61.8 Å². The maximum Gasteiger partial charge on any atom is 0.407 e. The van der Waals surface area contributed by atoms with Gasteiger partial charge in [0.15, 0.2) is 12.2 Å². The van der Waals surface area contributed by atoms with Crippen LogP contribution >= 0.6 is 0 Å². The average Bonchev–Trinajstić information content (AvgIpc) is 3.61. The number of carbonyl (C=O) groups excluding carboxylic acids is 4. The molecule has 3 atom stereocenters. The second-order valence-corrected chi connectivity index (χ2v) is 8.41. The molecule has 0 aliphatic carbocycles. The van der Waals surface area contributed by atoms with E-state index in [4.69, 9.17) is 14.2 Å². The average molecular weight is 478 g/mol. The van der Waals surface area contributed by atoms with Crippen LogP contribution in [0.15, 0.2) is 30.3 Å². The lowest BCUT2D eigenvalue weighted by atomic mass is 10.0. The number of amides is 3. The van der Waals surface area contributed by atoms with Crippen molar-refractivity contribution >= 4 is 23.9 Å². The van der Waals surface area contributed by atoms with E-state index < -0.39 is 36.2 Å². The van der Waals surface area contributed by atoms with Crippen molar-refractivity contribution in [1.82, 2.24) is 16.0 Å². The second-order valence-electron chi connectivity index (χ2n) is 8.41. The molecule has 0 radical (unpaired) electrons. The van der Waals surface area contributed by atoms with E-state index in [1.165, 1.54) is 0 Å². The van der Waals surface area contributed by atoms with Crippen molar-refractivity contribution in [2.75, 3.05) is 19.7 Å². The molecule has 3 amide bonds. The van der Waals surface area contributed by atoms with Crippen molar-refractivity contribution < 1.29 is 33.4 Å². The molecular formula is C24H35N3O7. The van der Waals surface area contributed by atoms with Gasteiger partial charge in [0.2, 0.25) is 5.91 Å². The zero-order valence-corrected chi connectivity index (χ0v) is 20.0. The first-order valence-corrected chi connectivity index (χ1v) is 11.7. The maximum absolute atomic E-state index is 12.6. The van der Waals surface area contributed by atoms with Crippen molar-refractivity contribution in [2.24, 2.45) is 5.92 Å². The lowest BCUT2D eigenvalue weighted by Crippen LogP contribution is -2.49. The van der Waals surface area contributed by atoms with E-state index in [9.17, 15) is 19.2 Å². The molecule has 188 valence electrons. The third kappa shape index (κ3) is 9.78. The minimum atomic E-state index is -0.922. The molecule has 34 heavy (non-hydrogen) atoms. The van der Waals surface area contributed by atoms with E-state index in [1.54, 1.807) is 6.92 Å². The molecule has 1 aliphatic heterocycles. The van der Waals surface area contributed by atoms with Crippen LogP contribution in [0.4, 0.5) is 4.79 Å². The van der Waals surface area contributed by atoms with Gasteiger partial charge in [-0.25, -0.2) is 9.59 Å². The minimum Gasteiger partial charge on any atom is -0.464 e. The number of ether oxygens (including phenoxy) is 3. The van der Waals surface area contributed by atoms with Gasteiger partial charge in [-0.1, -0.05) is 44.2 Å². The number of carbonyl (C=O) groups is 4. The van der Waals surface area contributed by atoms with Crippen molar-refractivity contribution in [3.05, 3.63) is 35.9 Å². The quantitative estimate of drug-likeness (QED) is 0.211. The molecule has 0 unspecified atom stereocenters. The van der Waals surface area contributed by atoms with Gasteiger partial charge in [0.1, 0.15) is 12.6 Å². The highest BCUT2D eigenvalue weighted by atomic mass is 16.6. The summed E-state index contributed by atoms with van der Waals surface area (Å²) >= 11 is 0. The first-order valence-electron chi connectivity index (χ1n) is 11.7. The number of rotatable bonds is 14. The van der Waals surface area contributed by atoms with E-state index in [2.05, 4.69) is 16.0 Å². The van der Waals surface area contributed by atoms with Crippen LogP contribution in [0, 0.1) is 5.92 Å². The van der Waals surface area contributed by atoms with Gasteiger partial charge >= 0.3 is 12.1 Å². The molecule has 0 aromatic heterocycles. The molecule has 10 heteroatoms. The summed E-state index contributed by atoms with van der Waals surface area (Å²) in [5, 5.41) is 8.16. The molecule has 0 spiro atoms. The molecule has 2 rings (SSSR count). The molecule has 1 saturated heterocycles. The van der Waals surface area contributed by atoms with Gasteiger partial charge in [-0.3, -0.25) is 9.59 Å². The molecule has 1 aliphatic rings. The van der Waals surface area contributed by atoms with Gasteiger partial charge in [0.05, 0.1) is 6.61 Å². The number of epoxide rings is 1. The molecule has 0 bridgehead atoms. The summed E-state index contributed by atoms with van der Waals surface area (Å²) in [6, 6.07) is 8.67. The maximum atomic E-state index is 12.6. The van der Waals surface area contributed by atoms with E-state index in [0.717, 1.165) is 5.56 Å². The molecule has 10 nitrogen and oxygen atoms in total. The highest BCUT2D eigenvalue weighted by Gasteiger charge is 2.52. The van der Waals surface area contributed by atoms with E-state index >= 15 is 0 Å². The largest absolute Gasteiger partial charge is 0.464 e. The Labute approximate surface area is 200 Å². The Kier molecular flexibility index (Phi) is 11.3. The Bertz CT molecular complexity index is 816. The number of unbranched alkanes of at least 4 members (excludes halogenated alkanes) is 1. The fourth-order valence-electron chi connectivity index (χ4n) is 3.22. The SMILES string of the molecule is CCOC(=O)[C@H]1O[C@@H]1C(=O)N[C@@H](CC(C)C)C(=O)NCCCCNC(=O)OCc1ccccc1. The van der Waals surface area contributed by atoms with Crippen molar-refractivity contribution in [3.8, 4) is 0 Å². The van der Waals surface area contributed by atoms with Crippen LogP contribution in [0.1, 0.15) is 45.6 Å². The number of hydrogen-bond acceptors (Lipinski definition) is 7.